The summed E-state index contributed by atoms with van der Waals surface area (Å²) in [5.74, 6) is 3.12. The molecule has 2 aliphatic heterocycles. The zero-order valence-corrected chi connectivity index (χ0v) is 11.2. The Kier molecular flexibility index (Phi) is 4.70. The van der Waals surface area contributed by atoms with Gasteiger partial charge >= 0.3 is 0 Å². The number of hydrogen-bond acceptors (Lipinski definition) is 4. The Balaban J connectivity index is 1.81. The number of carbonyl (C=O) groups excluding carboxylic acids is 1. The van der Waals surface area contributed by atoms with Crippen molar-refractivity contribution in [1.29, 1.82) is 0 Å². The number of nitrogens with one attached hydrogen (secondary N) is 1. The first-order valence-corrected chi connectivity index (χ1v) is 7.56. The Labute approximate surface area is 107 Å². The van der Waals surface area contributed by atoms with Crippen molar-refractivity contribution in [2.45, 2.75) is 31.4 Å². The summed E-state index contributed by atoms with van der Waals surface area (Å²) in [5.41, 5.74) is 0. The van der Waals surface area contributed by atoms with Crippen LogP contribution in [0.25, 0.3) is 0 Å². The first-order chi connectivity index (χ1) is 8.18. The van der Waals surface area contributed by atoms with E-state index >= 15 is 0 Å². The van der Waals surface area contributed by atoms with Crippen molar-refractivity contribution < 1.29 is 9.90 Å². The van der Waals surface area contributed by atoms with E-state index < -0.39 is 6.10 Å². The molecule has 2 saturated heterocycles. The monoisotopic (exact) mass is 258 g/mol. The van der Waals surface area contributed by atoms with E-state index in [0.29, 0.717) is 25.4 Å². The van der Waals surface area contributed by atoms with Crippen molar-refractivity contribution in [3.63, 3.8) is 0 Å². The summed E-state index contributed by atoms with van der Waals surface area (Å²) in [7, 11) is 1.82. The summed E-state index contributed by atoms with van der Waals surface area (Å²) in [5, 5.41) is 12.9. The topological polar surface area (TPSA) is 52.6 Å². The standard InChI is InChI=1S/C12H22N2O2S/c1-14(10-7-13-8-11(10)15)12(16)6-9-2-4-17-5-3-9/h9-11,13,15H,2-8H2,1H3/t10-,11-/m1/s1. The zero-order valence-electron chi connectivity index (χ0n) is 10.4. The molecule has 2 N–H and O–H groups in total. The van der Waals surface area contributed by atoms with Crippen LogP contribution in [0.1, 0.15) is 19.3 Å². The molecule has 2 heterocycles. The van der Waals surface area contributed by atoms with E-state index in [0.717, 1.165) is 12.8 Å². The molecule has 2 fully saturated rings. The Morgan fingerprint density at radius 1 is 1.41 bits per heavy atom. The number of nitrogens with zero attached hydrogens (tertiary/aromatic N) is 1. The lowest BCUT2D eigenvalue weighted by atomic mass is 9.97. The van der Waals surface area contributed by atoms with E-state index in [1.165, 1.54) is 11.5 Å². The van der Waals surface area contributed by atoms with Gasteiger partial charge in [0.25, 0.3) is 0 Å². The summed E-state index contributed by atoms with van der Waals surface area (Å²) in [4.78, 5) is 13.9. The van der Waals surface area contributed by atoms with Gasteiger partial charge in [0.2, 0.25) is 5.91 Å². The molecule has 0 bridgehead atoms. The number of amides is 1. The van der Waals surface area contributed by atoms with Crippen molar-refractivity contribution in [1.82, 2.24) is 10.2 Å². The van der Waals surface area contributed by atoms with Crippen LogP contribution in [-0.2, 0) is 4.79 Å². The van der Waals surface area contributed by atoms with Crippen molar-refractivity contribution >= 4 is 17.7 Å². The van der Waals surface area contributed by atoms with Gasteiger partial charge in [0.1, 0.15) is 0 Å². The molecule has 2 atom stereocenters. The van der Waals surface area contributed by atoms with Crippen LogP contribution in [0.3, 0.4) is 0 Å². The van der Waals surface area contributed by atoms with Gasteiger partial charge < -0.3 is 15.3 Å². The molecule has 0 aromatic carbocycles. The maximum absolute atomic E-state index is 12.1. The molecule has 17 heavy (non-hydrogen) atoms. The first kappa shape index (κ1) is 13.2. The second-order valence-corrected chi connectivity index (χ2v) is 6.28. The summed E-state index contributed by atoms with van der Waals surface area (Å²) in [6, 6.07) is -0.0412. The van der Waals surface area contributed by atoms with Crippen molar-refractivity contribution in [3.05, 3.63) is 0 Å². The Hall–Kier alpha value is -0.260. The van der Waals surface area contributed by atoms with Crippen LogP contribution in [0.2, 0.25) is 0 Å². The molecule has 0 aromatic rings. The summed E-state index contributed by atoms with van der Waals surface area (Å²) < 4.78 is 0. The van der Waals surface area contributed by atoms with Gasteiger partial charge in [0.05, 0.1) is 12.1 Å². The van der Waals surface area contributed by atoms with Crippen LogP contribution >= 0.6 is 11.8 Å². The fraction of sp³-hybridized carbons (Fsp3) is 0.917. The first-order valence-electron chi connectivity index (χ1n) is 6.40. The van der Waals surface area contributed by atoms with Gasteiger partial charge in [-0.05, 0) is 30.3 Å². The Bertz CT molecular complexity index is 269. The second-order valence-electron chi connectivity index (χ2n) is 5.06. The van der Waals surface area contributed by atoms with Gasteiger partial charge in [0, 0.05) is 26.6 Å². The molecule has 0 aliphatic carbocycles. The molecule has 5 heteroatoms. The Morgan fingerprint density at radius 2 is 2.12 bits per heavy atom. The number of thioether (sulfide) groups is 1. The van der Waals surface area contributed by atoms with Crippen LogP contribution in [0, 0.1) is 5.92 Å². The molecule has 1 amide bonds. The van der Waals surface area contributed by atoms with Gasteiger partial charge in [0.15, 0.2) is 0 Å². The van der Waals surface area contributed by atoms with Gasteiger partial charge in [-0.15, -0.1) is 0 Å². The minimum absolute atomic E-state index is 0.0412. The predicted octanol–water partition coefficient (Wildman–Crippen LogP) is 0.311. The van der Waals surface area contributed by atoms with Crippen molar-refractivity contribution in [2.24, 2.45) is 5.92 Å². The van der Waals surface area contributed by atoms with E-state index in [1.54, 1.807) is 4.90 Å². The number of β-amino-alcohol motifs (C(OH)–C–C–N with tert-alkyl or cyclic N) is 1. The molecule has 0 unspecified atom stereocenters. The average molecular weight is 258 g/mol. The van der Waals surface area contributed by atoms with Crippen molar-refractivity contribution in [2.75, 3.05) is 31.6 Å². The highest BCUT2D eigenvalue weighted by molar-refractivity contribution is 7.99. The van der Waals surface area contributed by atoms with E-state index in [2.05, 4.69) is 5.32 Å². The number of carbonyl (C=O) groups is 1. The number of hydrogen-bond donors (Lipinski definition) is 2. The molecule has 98 valence electrons. The van der Waals surface area contributed by atoms with E-state index in [9.17, 15) is 9.90 Å². The third-order valence-electron chi connectivity index (χ3n) is 3.85. The smallest absolute Gasteiger partial charge is 0.222 e. The minimum Gasteiger partial charge on any atom is -0.390 e. The minimum atomic E-state index is -0.411. The average Bonchev–Trinajstić information content (AvgIpc) is 2.76. The van der Waals surface area contributed by atoms with E-state index in [4.69, 9.17) is 0 Å². The van der Waals surface area contributed by atoms with Gasteiger partial charge in [-0.25, -0.2) is 0 Å². The molecule has 2 aliphatic rings. The van der Waals surface area contributed by atoms with Gasteiger partial charge in [-0.2, -0.15) is 11.8 Å². The molecule has 2 rings (SSSR count). The molecule has 0 saturated carbocycles. The van der Waals surface area contributed by atoms with Crippen molar-refractivity contribution in [3.8, 4) is 0 Å². The molecular weight excluding hydrogens is 236 g/mol. The summed E-state index contributed by atoms with van der Waals surface area (Å²) in [6.07, 6.45) is 2.57. The lowest BCUT2D eigenvalue weighted by molar-refractivity contribution is -0.134. The highest BCUT2D eigenvalue weighted by Gasteiger charge is 2.31. The summed E-state index contributed by atoms with van der Waals surface area (Å²) in [6.45, 7) is 1.31. The number of likely N-dealkylation sites (N-methyl/N-ethyl adjacent to an activating group) is 1. The predicted molar refractivity (Wildman–Crippen MR) is 70.1 cm³/mol. The van der Waals surface area contributed by atoms with Crippen LogP contribution in [0.15, 0.2) is 0 Å². The normalized spacial score (nSPS) is 30.5. The molecule has 4 nitrogen and oxygen atoms in total. The maximum atomic E-state index is 12.1. The molecule has 0 spiro atoms. The van der Waals surface area contributed by atoms with Gasteiger partial charge in [-0.3, -0.25) is 4.79 Å². The van der Waals surface area contributed by atoms with E-state index in [1.807, 2.05) is 18.8 Å². The molecule has 0 radical (unpaired) electrons. The summed E-state index contributed by atoms with van der Waals surface area (Å²) >= 11 is 1.98. The largest absolute Gasteiger partial charge is 0.390 e. The van der Waals surface area contributed by atoms with Crippen LogP contribution < -0.4 is 5.32 Å². The number of aliphatic hydroxyl groups excluding tert-OH is 1. The third-order valence-corrected chi connectivity index (χ3v) is 4.89. The lowest BCUT2D eigenvalue weighted by Gasteiger charge is -2.29. The fourth-order valence-electron chi connectivity index (χ4n) is 2.57. The SMILES string of the molecule is CN(C(=O)CC1CCSCC1)[C@@H]1CNC[C@H]1O. The second kappa shape index (κ2) is 6.07. The fourth-order valence-corrected chi connectivity index (χ4v) is 3.78. The highest BCUT2D eigenvalue weighted by atomic mass is 32.2. The Morgan fingerprint density at radius 3 is 2.71 bits per heavy atom. The maximum Gasteiger partial charge on any atom is 0.222 e. The van der Waals surface area contributed by atoms with Crippen LogP contribution in [0.5, 0.6) is 0 Å². The number of aliphatic hydroxyl groups is 1. The number of rotatable bonds is 3. The van der Waals surface area contributed by atoms with Crippen LogP contribution in [0.4, 0.5) is 0 Å². The zero-order chi connectivity index (χ0) is 12.3. The quantitative estimate of drug-likeness (QED) is 0.765. The van der Waals surface area contributed by atoms with Gasteiger partial charge in [-0.1, -0.05) is 0 Å². The lowest BCUT2D eigenvalue weighted by Crippen LogP contribution is -2.44. The molecular formula is C12H22N2O2S. The highest BCUT2D eigenvalue weighted by Crippen LogP contribution is 2.26. The van der Waals surface area contributed by atoms with Crippen LogP contribution in [-0.4, -0.2) is 59.7 Å². The molecule has 0 aromatic heterocycles. The third kappa shape index (κ3) is 3.36. The van der Waals surface area contributed by atoms with E-state index in [-0.39, 0.29) is 11.9 Å².